The van der Waals surface area contributed by atoms with E-state index in [0.29, 0.717) is 17.0 Å². The largest absolute Gasteiger partial charge is 0.281 e. The highest BCUT2D eigenvalue weighted by molar-refractivity contribution is 7.10. The van der Waals surface area contributed by atoms with Crippen LogP contribution >= 0.6 is 11.3 Å². The molecule has 0 fully saturated rings. The minimum Gasteiger partial charge on any atom is -0.267 e. The number of rotatable bonds is 4. The molecule has 0 aliphatic carbocycles. The Hall–Kier alpha value is -3.58. The molecule has 3 aromatic rings. The highest BCUT2D eigenvalue weighted by Crippen LogP contribution is 2.29. The Labute approximate surface area is 158 Å². The molecule has 0 saturated heterocycles. The van der Waals surface area contributed by atoms with Gasteiger partial charge in [0.2, 0.25) is 0 Å². The third kappa shape index (κ3) is 3.28. The van der Waals surface area contributed by atoms with E-state index in [1.54, 1.807) is 0 Å². The number of carbonyl (C=O) groups is 1. The number of nitrogens with zero attached hydrogens (tertiary/aromatic N) is 3. The van der Waals surface area contributed by atoms with Gasteiger partial charge in [-0.3, -0.25) is 14.9 Å². The van der Waals surface area contributed by atoms with Crippen molar-refractivity contribution in [2.24, 2.45) is 5.10 Å². The van der Waals surface area contributed by atoms with Gasteiger partial charge in [0.1, 0.15) is 5.71 Å². The first-order chi connectivity index (χ1) is 13.1. The van der Waals surface area contributed by atoms with Gasteiger partial charge in [-0.15, -0.1) is 11.3 Å². The van der Waals surface area contributed by atoms with Gasteiger partial charge in [0, 0.05) is 22.6 Å². The first-order valence-electron chi connectivity index (χ1n) is 8.12. The molecular weight excluding hydrogens is 362 g/mol. The van der Waals surface area contributed by atoms with Crippen molar-refractivity contribution in [2.75, 3.05) is 5.01 Å². The molecule has 0 unspecified atom stereocenters. The molecule has 0 N–H and O–H groups in total. The number of benzene rings is 2. The predicted octanol–water partition coefficient (Wildman–Crippen LogP) is 4.49. The summed E-state index contributed by atoms with van der Waals surface area (Å²) < 4.78 is 0. The standard InChI is InChI=1S/C20H13N3O3S/c24-20-18(13-17-7-4-12-27-17)19(14-5-2-1-3-6-14)21-22(20)15-8-10-16(11-9-15)23(25)26/h1-13H. The lowest BCUT2D eigenvalue weighted by atomic mass is 10.0. The Morgan fingerprint density at radius 1 is 1.00 bits per heavy atom. The fraction of sp³-hybridized carbons (Fsp3) is 0. The normalized spacial score (nSPS) is 15.3. The van der Waals surface area contributed by atoms with Gasteiger partial charge in [0.25, 0.3) is 11.6 Å². The molecule has 0 spiro atoms. The fourth-order valence-electron chi connectivity index (χ4n) is 2.76. The highest BCUT2D eigenvalue weighted by Gasteiger charge is 2.32. The molecular formula is C20H13N3O3S. The van der Waals surface area contributed by atoms with E-state index < -0.39 is 4.92 Å². The van der Waals surface area contributed by atoms with Crippen LogP contribution in [-0.4, -0.2) is 16.5 Å². The Morgan fingerprint density at radius 3 is 2.37 bits per heavy atom. The third-order valence-corrected chi connectivity index (χ3v) is 4.88. The average Bonchev–Trinajstić information content (AvgIpc) is 3.32. The van der Waals surface area contributed by atoms with Crippen LogP contribution in [0.15, 0.2) is 82.8 Å². The number of hydrazone groups is 1. The van der Waals surface area contributed by atoms with E-state index in [-0.39, 0.29) is 11.6 Å². The van der Waals surface area contributed by atoms with Crippen molar-refractivity contribution in [3.8, 4) is 0 Å². The summed E-state index contributed by atoms with van der Waals surface area (Å²) in [5.41, 5.74) is 2.34. The maximum atomic E-state index is 13.0. The molecule has 6 nitrogen and oxygen atoms in total. The summed E-state index contributed by atoms with van der Waals surface area (Å²) in [4.78, 5) is 24.4. The molecule has 132 valence electrons. The molecule has 1 aliphatic heterocycles. The number of nitro benzene ring substituents is 1. The zero-order chi connectivity index (χ0) is 18.8. The Morgan fingerprint density at radius 2 is 1.74 bits per heavy atom. The van der Waals surface area contributed by atoms with E-state index in [2.05, 4.69) is 5.10 Å². The highest BCUT2D eigenvalue weighted by atomic mass is 32.1. The number of nitro groups is 1. The number of non-ortho nitro benzene ring substituents is 1. The zero-order valence-electron chi connectivity index (χ0n) is 14.0. The van der Waals surface area contributed by atoms with Crippen molar-refractivity contribution in [1.82, 2.24) is 0 Å². The number of carbonyl (C=O) groups excluding carboxylic acids is 1. The van der Waals surface area contributed by atoms with Gasteiger partial charge in [-0.05, 0) is 29.7 Å². The van der Waals surface area contributed by atoms with Crippen LogP contribution in [0.25, 0.3) is 6.08 Å². The number of anilines is 1. The number of hydrogen-bond donors (Lipinski definition) is 0. The van der Waals surface area contributed by atoms with Crippen molar-refractivity contribution in [2.45, 2.75) is 0 Å². The molecule has 2 aromatic carbocycles. The molecule has 2 heterocycles. The van der Waals surface area contributed by atoms with Gasteiger partial charge in [-0.25, -0.2) is 0 Å². The lowest BCUT2D eigenvalue weighted by Crippen LogP contribution is -2.21. The smallest absolute Gasteiger partial charge is 0.267 e. The van der Waals surface area contributed by atoms with E-state index in [1.165, 1.54) is 40.6 Å². The SMILES string of the molecule is O=C1C(=Cc2cccs2)C(c2ccccc2)=NN1c1ccc([N+](=O)[O-])cc1. The number of thiophene rings is 1. The summed E-state index contributed by atoms with van der Waals surface area (Å²) in [7, 11) is 0. The minimum atomic E-state index is -0.476. The predicted molar refractivity (Wildman–Crippen MR) is 106 cm³/mol. The Bertz CT molecular complexity index is 1060. The average molecular weight is 375 g/mol. The van der Waals surface area contributed by atoms with Crippen molar-refractivity contribution in [1.29, 1.82) is 0 Å². The summed E-state index contributed by atoms with van der Waals surface area (Å²) >= 11 is 1.53. The van der Waals surface area contributed by atoms with Gasteiger partial charge >= 0.3 is 0 Å². The van der Waals surface area contributed by atoms with Crippen LogP contribution in [0.3, 0.4) is 0 Å². The van der Waals surface area contributed by atoms with Gasteiger partial charge in [0.05, 0.1) is 16.2 Å². The second kappa shape index (κ2) is 6.97. The second-order valence-electron chi connectivity index (χ2n) is 5.78. The molecule has 1 amide bonds. The van der Waals surface area contributed by atoms with Crippen LogP contribution in [0, 0.1) is 10.1 Å². The monoisotopic (exact) mass is 375 g/mol. The summed E-state index contributed by atoms with van der Waals surface area (Å²) in [6.45, 7) is 0. The van der Waals surface area contributed by atoms with E-state index >= 15 is 0 Å². The van der Waals surface area contributed by atoms with E-state index in [9.17, 15) is 14.9 Å². The topological polar surface area (TPSA) is 75.8 Å². The maximum absolute atomic E-state index is 13.0. The fourth-order valence-corrected chi connectivity index (χ4v) is 3.42. The van der Waals surface area contributed by atoms with Crippen molar-refractivity contribution < 1.29 is 9.72 Å². The molecule has 4 rings (SSSR count). The first-order valence-corrected chi connectivity index (χ1v) is 9.00. The number of hydrogen-bond acceptors (Lipinski definition) is 5. The molecule has 1 aliphatic rings. The van der Waals surface area contributed by atoms with Crippen LogP contribution in [0.4, 0.5) is 11.4 Å². The van der Waals surface area contributed by atoms with Gasteiger partial charge in [-0.1, -0.05) is 36.4 Å². The van der Waals surface area contributed by atoms with Crippen molar-refractivity contribution in [3.63, 3.8) is 0 Å². The lowest BCUT2D eigenvalue weighted by Gasteiger charge is -2.10. The second-order valence-corrected chi connectivity index (χ2v) is 6.76. The van der Waals surface area contributed by atoms with E-state index in [4.69, 9.17) is 0 Å². The zero-order valence-corrected chi connectivity index (χ0v) is 14.8. The molecule has 0 bridgehead atoms. The van der Waals surface area contributed by atoms with Crippen LogP contribution in [0.1, 0.15) is 10.4 Å². The minimum absolute atomic E-state index is 0.0352. The first kappa shape index (κ1) is 16.9. The lowest BCUT2D eigenvalue weighted by molar-refractivity contribution is -0.384. The van der Waals surface area contributed by atoms with Crippen LogP contribution in [-0.2, 0) is 4.79 Å². The third-order valence-electron chi connectivity index (χ3n) is 4.06. The van der Waals surface area contributed by atoms with Crippen LogP contribution in [0.5, 0.6) is 0 Å². The molecule has 0 atom stereocenters. The Balaban J connectivity index is 1.78. The molecule has 1 aromatic heterocycles. The maximum Gasteiger partial charge on any atom is 0.281 e. The summed E-state index contributed by atoms with van der Waals surface area (Å²) in [5.74, 6) is -0.267. The van der Waals surface area contributed by atoms with Crippen LogP contribution < -0.4 is 5.01 Å². The van der Waals surface area contributed by atoms with E-state index in [0.717, 1.165) is 10.4 Å². The molecule has 0 saturated carbocycles. The van der Waals surface area contributed by atoms with Crippen molar-refractivity contribution >= 4 is 40.4 Å². The van der Waals surface area contributed by atoms with Gasteiger partial charge < -0.3 is 0 Å². The van der Waals surface area contributed by atoms with Gasteiger partial charge in [0.15, 0.2) is 0 Å². The molecule has 0 radical (unpaired) electrons. The van der Waals surface area contributed by atoms with E-state index in [1.807, 2.05) is 53.9 Å². The van der Waals surface area contributed by atoms with Crippen molar-refractivity contribution in [3.05, 3.63) is 98.2 Å². The van der Waals surface area contributed by atoms with Gasteiger partial charge in [-0.2, -0.15) is 10.1 Å². The molecule has 27 heavy (non-hydrogen) atoms. The summed E-state index contributed by atoms with van der Waals surface area (Å²) in [5, 5.41) is 18.6. The summed E-state index contributed by atoms with van der Waals surface area (Å²) in [6.07, 6.45) is 1.82. The molecule has 7 heteroatoms. The summed E-state index contributed by atoms with van der Waals surface area (Å²) in [6, 6.07) is 19.1. The van der Waals surface area contributed by atoms with Crippen LogP contribution in [0.2, 0.25) is 0 Å². The quantitative estimate of drug-likeness (QED) is 0.383. The Kier molecular flexibility index (Phi) is 4.35. The number of amides is 1.